The molecule has 0 atom stereocenters. The number of carbonyl (C=O) groups is 1. The summed E-state index contributed by atoms with van der Waals surface area (Å²) in [5.41, 5.74) is 1.92. The molecule has 4 aromatic rings. The Morgan fingerprint density at radius 2 is 2.00 bits per heavy atom. The number of thiazole rings is 1. The first-order valence-corrected chi connectivity index (χ1v) is 11.9. The molecule has 156 valence electrons. The highest BCUT2D eigenvalue weighted by atomic mass is 35.5. The Morgan fingerprint density at radius 3 is 2.77 bits per heavy atom. The van der Waals surface area contributed by atoms with Gasteiger partial charge in [-0.25, -0.2) is 17.4 Å². The molecule has 9 heteroatoms. The summed E-state index contributed by atoms with van der Waals surface area (Å²) in [6, 6.07) is 11.9. The van der Waals surface area contributed by atoms with E-state index in [4.69, 9.17) is 11.6 Å². The van der Waals surface area contributed by atoms with Gasteiger partial charge in [-0.05, 0) is 62.2 Å². The van der Waals surface area contributed by atoms with E-state index in [-0.39, 0.29) is 17.3 Å². The van der Waals surface area contributed by atoms with Gasteiger partial charge in [0.2, 0.25) is 0 Å². The number of halogens is 1. The molecule has 0 spiro atoms. The molecule has 0 bridgehead atoms. The van der Waals surface area contributed by atoms with Gasteiger partial charge in [-0.15, -0.1) is 11.3 Å². The van der Waals surface area contributed by atoms with Crippen molar-refractivity contribution in [2.45, 2.75) is 31.1 Å². The van der Waals surface area contributed by atoms with E-state index < -0.39 is 10.0 Å². The van der Waals surface area contributed by atoms with E-state index in [1.807, 2.05) is 13.0 Å². The minimum absolute atomic E-state index is 0.195. The van der Waals surface area contributed by atoms with Crippen LogP contribution in [0.15, 0.2) is 47.4 Å². The van der Waals surface area contributed by atoms with E-state index in [1.165, 1.54) is 22.4 Å². The lowest BCUT2D eigenvalue weighted by atomic mass is 10.2. The number of aryl methyl sites for hydroxylation is 2. The van der Waals surface area contributed by atoms with Crippen LogP contribution in [-0.2, 0) is 26.0 Å². The maximum atomic E-state index is 13.6. The van der Waals surface area contributed by atoms with Crippen molar-refractivity contribution in [2.24, 2.45) is 0 Å². The maximum absolute atomic E-state index is 13.6. The van der Waals surface area contributed by atoms with Gasteiger partial charge in [0.1, 0.15) is 0 Å². The van der Waals surface area contributed by atoms with Crippen LogP contribution in [0.2, 0.25) is 5.02 Å². The fourth-order valence-electron chi connectivity index (χ4n) is 3.48. The Hall–Kier alpha value is -2.42. The fourth-order valence-corrected chi connectivity index (χ4v) is 6.20. The predicted octanol–water partition coefficient (Wildman–Crippen LogP) is 4.95. The first kappa shape index (κ1) is 20.8. The quantitative estimate of drug-likeness (QED) is 0.379. The largest absolute Gasteiger partial charge is 0.469 e. The van der Waals surface area contributed by atoms with E-state index >= 15 is 0 Å². The third-order valence-corrected chi connectivity index (χ3v) is 7.77. The SMILES string of the molecule is COC(=O)CCCc1cc2cc(Cl)ccc2n1S(=O)(=O)c1ccc2nc(C)sc2c1. The second-order valence-electron chi connectivity index (χ2n) is 6.90. The van der Waals surface area contributed by atoms with E-state index in [2.05, 4.69) is 9.72 Å². The molecule has 4 rings (SSSR count). The van der Waals surface area contributed by atoms with Gasteiger partial charge in [0, 0.05) is 22.5 Å². The molecule has 0 amide bonds. The molecule has 0 N–H and O–H groups in total. The molecule has 0 aliphatic heterocycles. The smallest absolute Gasteiger partial charge is 0.305 e. The average molecular weight is 463 g/mol. The van der Waals surface area contributed by atoms with Crippen molar-refractivity contribution in [3.63, 3.8) is 0 Å². The zero-order chi connectivity index (χ0) is 21.5. The van der Waals surface area contributed by atoms with Gasteiger partial charge in [-0.3, -0.25) is 4.79 Å². The second-order valence-corrected chi connectivity index (χ2v) is 10.4. The first-order chi connectivity index (χ1) is 14.3. The molecule has 2 aromatic carbocycles. The third kappa shape index (κ3) is 3.82. The van der Waals surface area contributed by atoms with Crippen LogP contribution in [-0.4, -0.2) is 30.5 Å². The summed E-state index contributed by atoms with van der Waals surface area (Å²) in [6.45, 7) is 1.89. The molecule has 0 fully saturated rings. The van der Waals surface area contributed by atoms with Crippen LogP contribution in [0, 0.1) is 6.92 Å². The maximum Gasteiger partial charge on any atom is 0.305 e. The molecular weight excluding hydrogens is 444 g/mol. The molecule has 0 unspecified atom stereocenters. The van der Waals surface area contributed by atoms with Crippen LogP contribution in [0.25, 0.3) is 21.1 Å². The van der Waals surface area contributed by atoms with Crippen molar-refractivity contribution in [1.82, 2.24) is 8.96 Å². The molecule has 0 aliphatic rings. The van der Waals surface area contributed by atoms with Crippen molar-refractivity contribution in [2.75, 3.05) is 7.11 Å². The number of aromatic nitrogens is 2. The van der Waals surface area contributed by atoms with Crippen LogP contribution in [0.4, 0.5) is 0 Å². The van der Waals surface area contributed by atoms with Gasteiger partial charge in [-0.1, -0.05) is 11.6 Å². The number of rotatable bonds is 6. The average Bonchev–Trinajstić information content (AvgIpc) is 3.25. The Labute approximate surface area is 183 Å². The number of nitrogens with zero attached hydrogens (tertiary/aromatic N) is 2. The summed E-state index contributed by atoms with van der Waals surface area (Å²) in [5.74, 6) is -0.324. The highest BCUT2D eigenvalue weighted by molar-refractivity contribution is 7.90. The van der Waals surface area contributed by atoms with Crippen LogP contribution in [0.1, 0.15) is 23.5 Å². The number of carbonyl (C=O) groups excluding carboxylic acids is 1. The third-order valence-electron chi connectivity index (χ3n) is 4.84. The summed E-state index contributed by atoms with van der Waals surface area (Å²) >= 11 is 7.57. The molecule has 6 nitrogen and oxygen atoms in total. The molecule has 2 heterocycles. The van der Waals surface area contributed by atoms with Gasteiger partial charge in [0.05, 0.1) is 32.7 Å². The van der Waals surface area contributed by atoms with Gasteiger partial charge in [0.25, 0.3) is 10.0 Å². The predicted molar refractivity (Wildman–Crippen MR) is 119 cm³/mol. The first-order valence-electron chi connectivity index (χ1n) is 9.29. The molecule has 0 saturated carbocycles. The van der Waals surface area contributed by atoms with Crippen molar-refractivity contribution in [3.8, 4) is 0 Å². The number of methoxy groups -OCH3 is 1. The molecule has 0 aliphatic carbocycles. The second kappa shape index (κ2) is 8.02. The summed E-state index contributed by atoms with van der Waals surface area (Å²) in [7, 11) is -2.53. The Morgan fingerprint density at radius 1 is 1.20 bits per heavy atom. The molecule has 2 aromatic heterocycles. The number of esters is 1. The van der Waals surface area contributed by atoms with Crippen molar-refractivity contribution < 1.29 is 17.9 Å². The number of hydrogen-bond acceptors (Lipinski definition) is 6. The summed E-state index contributed by atoms with van der Waals surface area (Å²) < 4.78 is 34.1. The highest BCUT2D eigenvalue weighted by Crippen LogP contribution is 2.31. The van der Waals surface area contributed by atoms with Crippen molar-refractivity contribution in [1.29, 1.82) is 0 Å². The van der Waals surface area contributed by atoms with E-state index in [9.17, 15) is 13.2 Å². The summed E-state index contributed by atoms with van der Waals surface area (Å²) in [5, 5.41) is 2.14. The van der Waals surface area contributed by atoms with E-state index in [0.717, 1.165) is 20.6 Å². The van der Waals surface area contributed by atoms with E-state index in [1.54, 1.807) is 36.4 Å². The van der Waals surface area contributed by atoms with Crippen LogP contribution < -0.4 is 0 Å². The summed E-state index contributed by atoms with van der Waals surface area (Å²) in [4.78, 5) is 16.1. The zero-order valence-corrected chi connectivity index (χ0v) is 18.8. The van der Waals surface area contributed by atoms with Gasteiger partial charge >= 0.3 is 5.97 Å². The molecular formula is C21H19ClN2O4S2. The lowest BCUT2D eigenvalue weighted by Crippen LogP contribution is -2.16. The topological polar surface area (TPSA) is 78.3 Å². The van der Waals surface area contributed by atoms with Crippen LogP contribution in [0.5, 0.6) is 0 Å². The number of fused-ring (bicyclic) bond motifs is 2. The zero-order valence-electron chi connectivity index (χ0n) is 16.4. The monoisotopic (exact) mass is 462 g/mol. The van der Waals surface area contributed by atoms with Gasteiger partial charge in [-0.2, -0.15) is 0 Å². The van der Waals surface area contributed by atoms with Crippen molar-refractivity contribution >= 4 is 60.0 Å². The standard InChI is InChI=1S/C21H19ClN2O4S2/c1-13-23-18-8-7-17(12-20(18)29-13)30(26,27)24-16(4-3-5-21(25)28-2)11-14-10-15(22)6-9-19(14)24/h6-12H,3-5H2,1-2H3. The molecule has 0 radical (unpaired) electrons. The number of benzene rings is 2. The number of ether oxygens (including phenoxy) is 1. The normalized spacial score (nSPS) is 12.0. The Kier molecular flexibility index (Phi) is 5.57. The van der Waals surface area contributed by atoms with Crippen LogP contribution in [0.3, 0.4) is 0 Å². The molecule has 30 heavy (non-hydrogen) atoms. The Balaban J connectivity index is 1.83. The van der Waals surface area contributed by atoms with Crippen LogP contribution >= 0.6 is 22.9 Å². The van der Waals surface area contributed by atoms with Crippen molar-refractivity contribution in [3.05, 3.63) is 58.2 Å². The van der Waals surface area contributed by atoms with E-state index in [0.29, 0.717) is 29.1 Å². The lowest BCUT2D eigenvalue weighted by molar-refractivity contribution is -0.140. The lowest BCUT2D eigenvalue weighted by Gasteiger charge is -2.12. The van der Waals surface area contributed by atoms with Gasteiger partial charge < -0.3 is 4.74 Å². The molecule has 0 saturated heterocycles. The Bertz CT molecular complexity index is 1370. The minimum Gasteiger partial charge on any atom is -0.469 e. The minimum atomic E-state index is -3.87. The van der Waals surface area contributed by atoms with Gasteiger partial charge in [0.15, 0.2) is 0 Å². The fraction of sp³-hybridized carbons (Fsp3) is 0.238. The number of hydrogen-bond donors (Lipinski definition) is 0. The highest BCUT2D eigenvalue weighted by Gasteiger charge is 2.24. The summed E-state index contributed by atoms with van der Waals surface area (Å²) in [6.07, 6.45) is 1.09.